The molecule has 19 heavy (non-hydrogen) atoms. The summed E-state index contributed by atoms with van der Waals surface area (Å²) < 4.78 is 2.78. The molecule has 0 radical (unpaired) electrons. The number of hydrogen-bond donors (Lipinski definition) is 2. The molecule has 2 aromatic rings. The van der Waals surface area contributed by atoms with Crippen molar-refractivity contribution in [3.05, 3.63) is 39.3 Å². The lowest BCUT2D eigenvalue weighted by molar-refractivity contribution is -0.938. The first kappa shape index (κ1) is 12.8. The minimum atomic E-state index is 0.843. The maximum atomic E-state index is 5.35. The van der Waals surface area contributed by atoms with Gasteiger partial charge in [-0.15, -0.1) is 5.10 Å². The highest BCUT2D eigenvalue weighted by Gasteiger charge is 2.19. The van der Waals surface area contributed by atoms with Crippen molar-refractivity contribution in [1.82, 2.24) is 9.78 Å². The average Bonchev–Trinajstić information content (AvgIpc) is 2.79. The van der Waals surface area contributed by atoms with Crippen molar-refractivity contribution in [2.24, 2.45) is 0 Å². The summed E-state index contributed by atoms with van der Waals surface area (Å²) in [7, 11) is 1.88. The van der Waals surface area contributed by atoms with Gasteiger partial charge in [0.2, 0.25) is 5.13 Å². The number of nitrogens with zero attached hydrogens (tertiary/aromatic N) is 2. The molecule has 1 aliphatic rings. The van der Waals surface area contributed by atoms with E-state index in [-0.39, 0.29) is 0 Å². The van der Waals surface area contributed by atoms with Gasteiger partial charge < -0.3 is 10.2 Å². The predicted molar refractivity (Wildman–Crippen MR) is 80.2 cm³/mol. The Bertz CT molecular complexity index is 632. The van der Waals surface area contributed by atoms with Gasteiger partial charge in [-0.05, 0) is 17.8 Å². The van der Waals surface area contributed by atoms with Crippen molar-refractivity contribution in [3.8, 4) is 0 Å². The number of aromatic nitrogens is 2. The van der Waals surface area contributed by atoms with E-state index in [1.807, 2.05) is 11.7 Å². The van der Waals surface area contributed by atoms with Crippen LogP contribution < -0.4 is 10.2 Å². The van der Waals surface area contributed by atoms with Gasteiger partial charge in [0.25, 0.3) is 0 Å². The van der Waals surface area contributed by atoms with Gasteiger partial charge in [0.1, 0.15) is 6.54 Å². The summed E-state index contributed by atoms with van der Waals surface area (Å²) in [4.78, 5) is 1.52. The van der Waals surface area contributed by atoms with E-state index in [2.05, 4.69) is 34.7 Å². The van der Waals surface area contributed by atoms with Crippen molar-refractivity contribution in [3.63, 3.8) is 0 Å². The summed E-state index contributed by atoms with van der Waals surface area (Å²) in [5, 5.41) is 8.42. The number of hydrogen-bond acceptors (Lipinski definition) is 4. The molecule has 100 valence electrons. The molecule has 1 aromatic carbocycles. The first-order chi connectivity index (χ1) is 9.26. The lowest BCUT2D eigenvalue weighted by Crippen LogP contribution is -3.11. The number of quaternary nitrogens is 1. The zero-order chi connectivity index (χ0) is 13.2. The second-order valence-corrected chi connectivity index (χ2v) is 6.40. The topological polar surface area (TPSA) is 34.3 Å². The van der Waals surface area contributed by atoms with E-state index < -0.39 is 0 Å². The SMILES string of the molecule is CNc1nn(C[NH+]2CCc3ccccc3C2)c(=S)s1. The summed E-state index contributed by atoms with van der Waals surface area (Å²) in [6.45, 7) is 3.06. The molecular formula is C13H17N4S2+. The highest BCUT2D eigenvalue weighted by atomic mass is 32.1. The summed E-state index contributed by atoms with van der Waals surface area (Å²) in [5.74, 6) is 0. The molecule has 0 saturated heterocycles. The zero-order valence-corrected chi connectivity index (χ0v) is 12.5. The predicted octanol–water partition coefficient (Wildman–Crippen LogP) is 1.31. The van der Waals surface area contributed by atoms with Crippen LogP contribution in [0.2, 0.25) is 0 Å². The molecule has 4 nitrogen and oxygen atoms in total. The van der Waals surface area contributed by atoms with E-state index in [1.54, 1.807) is 0 Å². The number of benzene rings is 1. The van der Waals surface area contributed by atoms with Crippen LogP contribution in [0, 0.1) is 3.95 Å². The molecule has 2 heterocycles. The molecule has 0 bridgehead atoms. The quantitative estimate of drug-likeness (QED) is 0.838. The molecule has 1 aromatic heterocycles. The van der Waals surface area contributed by atoms with Crippen molar-refractivity contribution in [2.45, 2.75) is 19.6 Å². The van der Waals surface area contributed by atoms with Crippen LogP contribution in [0.15, 0.2) is 24.3 Å². The van der Waals surface area contributed by atoms with Gasteiger partial charge in [0, 0.05) is 19.0 Å². The third-order valence-corrected chi connectivity index (χ3v) is 4.83. The highest BCUT2D eigenvalue weighted by Crippen LogP contribution is 2.13. The fourth-order valence-corrected chi connectivity index (χ4v) is 3.46. The molecular weight excluding hydrogens is 276 g/mol. The van der Waals surface area contributed by atoms with Crippen LogP contribution in [0.3, 0.4) is 0 Å². The Balaban J connectivity index is 1.75. The Kier molecular flexibility index (Phi) is 3.63. The summed E-state index contributed by atoms with van der Waals surface area (Å²) in [5.41, 5.74) is 2.95. The van der Waals surface area contributed by atoms with Crippen molar-refractivity contribution >= 4 is 28.7 Å². The fourth-order valence-electron chi connectivity index (χ4n) is 2.50. The van der Waals surface area contributed by atoms with Crippen LogP contribution in [0.5, 0.6) is 0 Å². The Hall–Kier alpha value is -1.24. The average molecular weight is 293 g/mol. The molecule has 0 saturated carbocycles. The van der Waals surface area contributed by atoms with Gasteiger partial charge in [0.05, 0.1) is 6.54 Å². The van der Waals surface area contributed by atoms with Crippen molar-refractivity contribution < 1.29 is 4.90 Å². The van der Waals surface area contributed by atoms with E-state index >= 15 is 0 Å². The minimum Gasteiger partial charge on any atom is -0.363 e. The lowest BCUT2D eigenvalue weighted by Gasteiger charge is -2.25. The Morgan fingerprint density at radius 2 is 2.21 bits per heavy atom. The van der Waals surface area contributed by atoms with E-state index in [9.17, 15) is 0 Å². The van der Waals surface area contributed by atoms with Crippen molar-refractivity contribution in [1.29, 1.82) is 0 Å². The fraction of sp³-hybridized carbons (Fsp3) is 0.385. The van der Waals surface area contributed by atoms with E-state index in [4.69, 9.17) is 12.2 Å². The monoisotopic (exact) mass is 293 g/mol. The normalized spacial score (nSPS) is 18.1. The molecule has 1 atom stereocenters. The number of fused-ring (bicyclic) bond motifs is 1. The van der Waals surface area contributed by atoms with E-state index in [1.165, 1.54) is 27.4 Å². The van der Waals surface area contributed by atoms with Gasteiger partial charge in [-0.3, -0.25) is 0 Å². The first-order valence-electron chi connectivity index (χ1n) is 6.42. The Labute approximate surface area is 121 Å². The molecule has 0 amide bonds. The minimum absolute atomic E-state index is 0.843. The Morgan fingerprint density at radius 1 is 1.42 bits per heavy atom. The third kappa shape index (κ3) is 2.70. The smallest absolute Gasteiger partial charge is 0.204 e. The first-order valence-corrected chi connectivity index (χ1v) is 7.65. The number of rotatable bonds is 3. The molecule has 1 aliphatic heterocycles. The Morgan fingerprint density at radius 3 is 2.95 bits per heavy atom. The summed E-state index contributed by atoms with van der Waals surface area (Å²) >= 11 is 6.88. The third-order valence-electron chi connectivity index (χ3n) is 3.50. The van der Waals surface area contributed by atoms with Crippen LogP contribution in [0.1, 0.15) is 11.1 Å². The van der Waals surface area contributed by atoms with E-state index in [0.29, 0.717) is 0 Å². The molecule has 0 fully saturated rings. The number of nitrogens with one attached hydrogen (secondary N) is 2. The van der Waals surface area contributed by atoms with Crippen LogP contribution >= 0.6 is 23.6 Å². The molecule has 1 unspecified atom stereocenters. The summed E-state index contributed by atoms with van der Waals surface area (Å²) in [6, 6.07) is 8.71. The van der Waals surface area contributed by atoms with Gasteiger partial charge >= 0.3 is 0 Å². The second-order valence-electron chi connectivity index (χ2n) is 4.78. The van der Waals surface area contributed by atoms with Crippen LogP contribution in [-0.2, 0) is 19.6 Å². The maximum Gasteiger partial charge on any atom is 0.204 e. The number of anilines is 1. The van der Waals surface area contributed by atoms with E-state index in [0.717, 1.165) is 35.3 Å². The van der Waals surface area contributed by atoms with Crippen LogP contribution in [0.4, 0.5) is 5.13 Å². The van der Waals surface area contributed by atoms with Gasteiger partial charge in [-0.2, -0.15) is 4.68 Å². The largest absolute Gasteiger partial charge is 0.363 e. The maximum absolute atomic E-state index is 5.35. The highest BCUT2D eigenvalue weighted by molar-refractivity contribution is 7.73. The standard InChI is InChI=1S/C13H16N4S2/c1-14-12-15-17(13(18)19-12)9-16-7-6-10-4-2-3-5-11(10)8-16/h2-5H,6-9H2,1H3,(H,14,15)/p+1. The van der Waals surface area contributed by atoms with Crippen LogP contribution in [0.25, 0.3) is 0 Å². The van der Waals surface area contributed by atoms with Gasteiger partial charge in [-0.25, -0.2) is 0 Å². The lowest BCUT2D eigenvalue weighted by atomic mass is 10.0. The molecule has 0 spiro atoms. The molecule has 0 aliphatic carbocycles. The molecule has 6 heteroatoms. The zero-order valence-electron chi connectivity index (χ0n) is 10.8. The van der Waals surface area contributed by atoms with Crippen molar-refractivity contribution in [2.75, 3.05) is 18.9 Å². The molecule has 2 N–H and O–H groups in total. The van der Waals surface area contributed by atoms with Gasteiger partial charge in [-0.1, -0.05) is 35.6 Å². The van der Waals surface area contributed by atoms with Crippen LogP contribution in [-0.4, -0.2) is 23.4 Å². The second kappa shape index (κ2) is 5.40. The van der Waals surface area contributed by atoms with Gasteiger partial charge in [0.15, 0.2) is 10.6 Å². The molecule has 3 rings (SSSR count). The summed E-state index contributed by atoms with van der Waals surface area (Å²) in [6.07, 6.45) is 1.14.